The number of likely N-dealkylation sites (N-methyl/N-ethyl adjacent to an activating group) is 1. The Morgan fingerprint density at radius 3 is 2.40 bits per heavy atom. The molecule has 0 aromatic rings. The number of likely N-dealkylation sites (tertiary alicyclic amines) is 1. The van der Waals surface area contributed by atoms with Crippen LogP contribution in [0.5, 0.6) is 0 Å². The Kier molecular flexibility index (Phi) is 8.78. The van der Waals surface area contributed by atoms with E-state index in [0.717, 1.165) is 25.6 Å². The Morgan fingerprint density at radius 2 is 1.75 bits per heavy atom. The number of rotatable bonds is 7. The Bertz CT molecular complexity index is 300. The van der Waals surface area contributed by atoms with Crippen LogP contribution < -0.4 is 16.0 Å². The number of amides is 1. The molecule has 3 N–H and O–H groups in total. The lowest BCUT2D eigenvalue weighted by Crippen LogP contribution is -2.43. The van der Waals surface area contributed by atoms with Gasteiger partial charge < -0.3 is 20.9 Å². The molecule has 1 rings (SSSR count). The lowest BCUT2D eigenvalue weighted by atomic mass is 10.1. The van der Waals surface area contributed by atoms with Crippen molar-refractivity contribution >= 4 is 11.9 Å². The van der Waals surface area contributed by atoms with Crippen molar-refractivity contribution in [2.45, 2.75) is 33.1 Å². The third kappa shape index (κ3) is 7.33. The van der Waals surface area contributed by atoms with Crippen molar-refractivity contribution in [1.82, 2.24) is 20.9 Å². The Balaban J connectivity index is 2.26. The number of hydrogen-bond acceptors (Lipinski definition) is 3. The van der Waals surface area contributed by atoms with Crippen molar-refractivity contribution in [2.24, 2.45) is 4.99 Å². The van der Waals surface area contributed by atoms with E-state index < -0.39 is 0 Å². The largest absolute Gasteiger partial charge is 0.357 e. The first-order chi connectivity index (χ1) is 9.76. The molecule has 0 bridgehead atoms. The van der Waals surface area contributed by atoms with Crippen molar-refractivity contribution in [3.8, 4) is 0 Å². The van der Waals surface area contributed by atoms with E-state index in [4.69, 9.17) is 0 Å². The number of nitrogens with zero attached hydrogens (tertiary/aromatic N) is 2. The minimum absolute atomic E-state index is 0.0410. The average molecular weight is 283 g/mol. The summed E-state index contributed by atoms with van der Waals surface area (Å²) in [6.07, 6.45) is 3.98. The van der Waals surface area contributed by atoms with Gasteiger partial charge in [0.05, 0.1) is 0 Å². The second kappa shape index (κ2) is 10.5. The lowest BCUT2D eigenvalue weighted by molar-refractivity contribution is -0.119. The molecule has 116 valence electrons. The number of carbonyl (C=O) groups is 1. The van der Waals surface area contributed by atoms with Gasteiger partial charge in [0.15, 0.2) is 5.96 Å². The molecule has 0 unspecified atom stereocenters. The van der Waals surface area contributed by atoms with E-state index in [2.05, 4.69) is 25.8 Å². The lowest BCUT2D eigenvalue weighted by Gasteiger charge is -2.26. The van der Waals surface area contributed by atoms with Crippen LogP contribution in [0, 0.1) is 0 Å². The van der Waals surface area contributed by atoms with Crippen LogP contribution in [0.4, 0.5) is 0 Å². The van der Waals surface area contributed by atoms with E-state index in [0.29, 0.717) is 6.54 Å². The molecule has 0 aromatic heterocycles. The summed E-state index contributed by atoms with van der Waals surface area (Å²) in [6, 6.07) is 0. The zero-order chi connectivity index (χ0) is 14.6. The van der Waals surface area contributed by atoms with E-state index >= 15 is 0 Å². The van der Waals surface area contributed by atoms with Gasteiger partial charge in [-0.15, -0.1) is 0 Å². The summed E-state index contributed by atoms with van der Waals surface area (Å²) in [5.74, 6) is 0.677. The molecule has 1 saturated heterocycles. The molecule has 0 saturated carbocycles. The van der Waals surface area contributed by atoms with Crippen molar-refractivity contribution < 1.29 is 4.79 Å². The van der Waals surface area contributed by atoms with Gasteiger partial charge in [0, 0.05) is 26.2 Å². The molecule has 0 aromatic carbocycles. The van der Waals surface area contributed by atoms with Crippen LogP contribution in [0.1, 0.15) is 33.1 Å². The number of piperidine rings is 1. The van der Waals surface area contributed by atoms with Gasteiger partial charge in [0.1, 0.15) is 6.54 Å². The van der Waals surface area contributed by atoms with E-state index in [1.165, 1.54) is 32.4 Å². The molecular weight excluding hydrogens is 254 g/mol. The van der Waals surface area contributed by atoms with Crippen molar-refractivity contribution in [1.29, 1.82) is 0 Å². The normalized spacial score (nSPS) is 16.8. The fourth-order valence-corrected chi connectivity index (χ4v) is 2.26. The molecule has 1 aliphatic heterocycles. The smallest absolute Gasteiger partial charge is 0.241 e. The van der Waals surface area contributed by atoms with E-state index in [9.17, 15) is 4.79 Å². The third-order valence-electron chi connectivity index (χ3n) is 3.27. The summed E-state index contributed by atoms with van der Waals surface area (Å²) in [4.78, 5) is 18.1. The number of hydrogen-bond donors (Lipinski definition) is 3. The topological polar surface area (TPSA) is 68.8 Å². The van der Waals surface area contributed by atoms with E-state index in [1.54, 1.807) is 0 Å². The second-order valence-electron chi connectivity index (χ2n) is 4.98. The molecule has 6 heteroatoms. The highest BCUT2D eigenvalue weighted by Crippen LogP contribution is 2.07. The molecule has 1 heterocycles. The first-order valence-corrected chi connectivity index (χ1v) is 7.77. The van der Waals surface area contributed by atoms with Crippen LogP contribution in [-0.2, 0) is 4.79 Å². The molecule has 0 radical (unpaired) electrons. The number of guanidine groups is 1. The quantitative estimate of drug-likeness (QED) is 0.460. The van der Waals surface area contributed by atoms with Crippen LogP contribution in [-0.4, -0.2) is 62.6 Å². The fraction of sp³-hybridized carbons (Fsp3) is 0.857. The molecule has 20 heavy (non-hydrogen) atoms. The van der Waals surface area contributed by atoms with Gasteiger partial charge in [-0.1, -0.05) is 6.42 Å². The molecule has 0 atom stereocenters. The summed E-state index contributed by atoms with van der Waals surface area (Å²) in [6.45, 7) is 9.85. The molecule has 0 aliphatic carbocycles. The molecule has 1 amide bonds. The van der Waals surface area contributed by atoms with Gasteiger partial charge in [-0.25, -0.2) is 4.99 Å². The summed E-state index contributed by atoms with van der Waals surface area (Å²) >= 11 is 0. The fourth-order valence-electron chi connectivity index (χ4n) is 2.26. The maximum absolute atomic E-state index is 11.4. The second-order valence-corrected chi connectivity index (χ2v) is 4.98. The minimum atomic E-state index is -0.0410. The van der Waals surface area contributed by atoms with Gasteiger partial charge in [-0.2, -0.15) is 0 Å². The summed E-state index contributed by atoms with van der Waals surface area (Å²) in [5.41, 5.74) is 0. The van der Waals surface area contributed by atoms with Gasteiger partial charge >= 0.3 is 0 Å². The maximum atomic E-state index is 11.4. The maximum Gasteiger partial charge on any atom is 0.241 e. The van der Waals surface area contributed by atoms with Crippen LogP contribution in [0.2, 0.25) is 0 Å². The SMILES string of the molecule is CCNC(=O)CN=C(NCC)NCCN1CCCCC1. The van der Waals surface area contributed by atoms with Gasteiger partial charge in [-0.3, -0.25) is 4.79 Å². The first kappa shape index (κ1) is 16.8. The molecule has 1 aliphatic rings. The zero-order valence-electron chi connectivity index (χ0n) is 12.9. The van der Waals surface area contributed by atoms with Crippen molar-refractivity contribution in [3.05, 3.63) is 0 Å². The van der Waals surface area contributed by atoms with Crippen LogP contribution in [0.25, 0.3) is 0 Å². The molecule has 1 fully saturated rings. The summed E-state index contributed by atoms with van der Waals surface area (Å²) in [5, 5.41) is 9.18. The first-order valence-electron chi connectivity index (χ1n) is 7.77. The van der Waals surface area contributed by atoms with Crippen LogP contribution in [0.15, 0.2) is 4.99 Å². The predicted molar refractivity (Wildman–Crippen MR) is 83.0 cm³/mol. The van der Waals surface area contributed by atoms with Crippen LogP contribution in [0.3, 0.4) is 0 Å². The van der Waals surface area contributed by atoms with Gasteiger partial charge in [0.2, 0.25) is 5.91 Å². The highest BCUT2D eigenvalue weighted by molar-refractivity contribution is 5.84. The Morgan fingerprint density at radius 1 is 1.05 bits per heavy atom. The van der Waals surface area contributed by atoms with E-state index in [-0.39, 0.29) is 12.5 Å². The van der Waals surface area contributed by atoms with Gasteiger partial charge in [0.25, 0.3) is 0 Å². The summed E-state index contributed by atoms with van der Waals surface area (Å²) < 4.78 is 0. The monoisotopic (exact) mass is 283 g/mol. The number of carbonyl (C=O) groups excluding carboxylic acids is 1. The zero-order valence-corrected chi connectivity index (χ0v) is 12.9. The molecule has 6 nitrogen and oxygen atoms in total. The average Bonchev–Trinajstić information content (AvgIpc) is 2.46. The third-order valence-corrected chi connectivity index (χ3v) is 3.27. The summed E-state index contributed by atoms with van der Waals surface area (Å²) in [7, 11) is 0. The Hall–Kier alpha value is -1.30. The Labute approximate surface area is 122 Å². The number of aliphatic imine (C=N–C) groups is 1. The molecule has 0 spiro atoms. The predicted octanol–water partition coefficient (Wildman–Crippen LogP) is 0.164. The minimum Gasteiger partial charge on any atom is -0.357 e. The van der Waals surface area contributed by atoms with Gasteiger partial charge in [-0.05, 0) is 39.8 Å². The van der Waals surface area contributed by atoms with Crippen molar-refractivity contribution in [2.75, 3.05) is 45.8 Å². The highest BCUT2D eigenvalue weighted by Gasteiger charge is 2.09. The van der Waals surface area contributed by atoms with Crippen LogP contribution >= 0.6 is 0 Å². The molecular formula is C14H29N5O. The van der Waals surface area contributed by atoms with E-state index in [1.807, 2.05) is 13.8 Å². The van der Waals surface area contributed by atoms with Crippen molar-refractivity contribution in [3.63, 3.8) is 0 Å². The number of nitrogens with one attached hydrogen (secondary N) is 3. The standard InChI is InChI=1S/C14H29N5O/c1-3-15-13(20)12-18-14(16-4-2)17-8-11-19-9-6-5-7-10-19/h3-12H2,1-2H3,(H,15,20)(H2,16,17,18). The highest BCUT2D eigenvalue weighted by atomic mass is 16.1.